The molecule has 1 aliphatic rings. The highest BCUT2D eigenvalue weighted by Gasteiger charge is 2.26. The first-order valence-electron chi connectivity index (χ1n) is 7.00. The van der Waals surface area contributed by atoms with E-state index in [0.29, 0.717) is 0 Å². The van der Waals surface area contributed by atoms with Crippen LogP contribution in [0.1, 0.15) is 43.6 Å². The normalized spacial score (nSPS) is 16.3. The molecule has 1 N–H and O–H groups in total. The van der Waals surface area contributed by atoms with E-state index in [2.05, 4.69) is 16.3 Å². The number of hydrogen-bond acceptors (Lipinski definition) is 3. The van der Waals surface area contributed by atoms with Crippen LogP contribution in [0.3, 0.4) is 0 Å². The Morgan fingerprint density at radius 3 is 3.00 bits per heavy atom. The Kier molecular flexibility index (Phi) is 4.63. The molecular formula is C15H23NO2S. The largest absolute Gasteiger partial charge is 0.481 e. The van der Waals surface area contributed by atoms with Gasteiger partial charge >= 0.3 is 5.97 Å². The number of hydrogen-bond donors (Lipinski definition) is 1. The summed E-state index contributed by atoms with van der Waals surface area (Å²) in [5, 5.41) is 11.2. The van der Waals surface area contributed by atoms with Crippen molar-refractivity contribution in [3.8, 4) is 0 Å². The minimum atomic E-state index is -0.687. The summed E-state index contributed by atoms with van der Waals surface area (Å²) in [7, 11) is 0. The fraction of sp³-hybridized carbons (Fsp3) is 0.667. The third-order valence-corrected chi connectivity index (χ3v) is 5.01. The third kappa shape index (κ3) is 3.80. The maximum Gasteiger partial charge on any atom is 0.309 e. The van der Waals surface area contributed by atoms with Crippen LogP contribution < -0.4 is 0 Å². The number of unbranched alkanes of at least 4 members (excludes halogenated alkanes) is 1. The van der Waals surface area contributed by atoms with E-state index in [9.17, 15) is 4.79 Å². The third-order valence-electron chi connectivity index (χ3n) is 3.99. The second-order valence-electron chi connectivity index (χ2n) is 6.04. The van der Waals surface area contributed by atoms with Crippen LogP contribution >= 0.6 is 11.3 Å². The van der Waals surface area contributed by atoms with Crippen LogP contribution in [-0.2, 0) is 17.8 Å². The Bertz CT molecular complexity index is 439. The minimum Gasteiger partial charge on any atom is -0.481 e. The zero-order valence-electron chi connectivity index (χ0n) is 11.8. The summed E-state index contributed by atoms with van der Waals surface area (Å²) < 4.78 is 0. The molecule has 0 atom stereocenters. The number of nitrogens with zero attached hydrogens (tertiary/aromatic N) is 1. The second kappa shape index (κ2) is 6.06. The smallest absolute Gasteiger partial charge is 0.309 e. The average molecular weight is 281 g/mol. The zero-order chi connectivity index (χ0) is 13.9. The summed E-state index contributed by atoms with van der Waals surface area (Å²) >= 11 is 1.87. The second-order valence-corrected chi connectivity index (χ2v) is 7.04. The Morgan fingerprint density at radius 1 is 1.47 bits per heavy atom. The molecule has 1 aliphatic heterocycles. The van der Waals surface area contributed by atoms with Gasteiger partial charge in [-0.3, -0.25) is 9.69 Å². The van der Waals surface area contributed by atoms with Crippen molar-refractivity contribution in [2.75, 3.05) is 13.1 Å². The van der Waals surface area contributed by atoms with E-state index in [0.717, 1.165) is 38.9 Å². The molecule has 0 amide bonds. The lowest BCUT2D eigenvalue weighted by molar-refractivity contribution is -0.147. The first-order valence-corrected chi connectivity index (χ1v) is 7.88. The van der Waals surface area contributed by atoms with Gasteiger partial charge in [-0.1, -0.05) is 6.42 Å². The maximum atomic E-state index is 11.0. The van der Waals surface area contributed by atoms with E-state index in [4.69, 9.17) is 5.11 Å². The van der Waals surface area contributed by atoms with E-state index < -0.39 is 11.4 Å². The lowest BCUT2D eigenvalue weighted by Gasteiger charge is -2.27. The van der Waals surface area contributed by atoms with Crippen molar-refractivity contribution in [2.45, 2.75) is 46.1 Å². The number of carboxylic acids is 1. The molecule has 0 fully saturated rings. The van der Waals surface area contributed by atoms with Crippen LogP contribution in [0, 0.1) is 5.41 Å². The Hall–Kier alpha value is -0.870. The van der Waals surface area contributed by atoms with Crippen molar-refractivity contribution in [3.05, 3.63) is 21.9 Å². The minimum absolute atomic E-state index is 0.581. The summed E-state index contributed by atoms with van der Waals surface area (Å²) in [4.78, 5) is 15.0. The van der Waals surface area contributed by atoms with Gasteiger partial charge in [-0.25, -0.2) is 0 Å². The fourth-order valence-electron chi connectivity index (χ4n) is 2.51. The highest BCUT2D eigenvalue weighted by atomic mass is 32.1. The SMILES string of the molecule is CC(C)(CCCCN1CCc2sccc2C1)C(=O)O. The first kappa shape index (κ1) is 14.5. The van der Waals surface area contributed by atoms with Crippen LogP contribution in [0.2, 0.25) is 0 Å². The van der Waals surface area contributed by atoms with Crippen LogP contribution in [0.15, 0.2) is 11.4 Å². The van der Waals surface area contributed by atoms with E-state index in [-0.39, 0.29) is 0 Å². The van der Waals surface area contributed by atoms with E-state index in [1.54, 1.807) is 4.88 Å². The van der Waals surface area contributed by atoms with Crippen LogP contribution in [0.5, 0.6) is 0 Å². The standard InChI is InChI=1S/C15H23NO2S/c1-15(2,14(17)18)7-3-4-8-16-9-5-13-12(11-16)6-10-19-13/h6,10H,3-5,7-9,11H2,1-2H3,(H,17,18). The summed E-state index contributed by atoms with van der Waals surface area (Å²) in [6, 6.07) is 2.24. The fourth-order valence-corrected chi connectivity index (χ4v) is 3.40. The molecule has 106 valence electrons. The molecule has 4 heteroatoms. The number of carboxylic acid groups (broad SMARTS) is 1. The van der Waals surface area contributed by atoms with E-state index in [1.165, 1.54) is 12.0 Å². The van der Waals surface area contributed by atoms with Crippen molar-refractivity contribution in [3.63, 3.8) is 0 Å². The molecular weight excluding hydrogens is 258 g/mol. The van der Waals surface area contributed by atoms with Gasteiger partial charge in [0.25, 0.3) is 0 Å². The molecule has 0 radical (unpaired) electrons. The monoisotopic (exact) mass is 281 g/mol. The molecule has 0 bridgehead atoms. The summed E-state index contributed by atoms with van der Waals surface area (Å²) in [5.41, 5.74) is 0.907. The highest BCUT2D eigenvalue weighted by Crippen LogP contribution is 2.26. The number of fused-ring (bicyclic) bond motifs is 1. The van der Waals surface area contributed by atoms with Crippen molar-refractivity contribution >= 4 is 17.3 Å². The Labute approximate surface area is 119 Å². The van der Waals surface area contributed by atoms with Gasteiger partial charge in [0.1, 0.15) is 0 Å². The Morgan fingerprint density at radius 2 is 2.26 bits per heavy atom. The molecule has 3 nitrogen and oxygen atoms in total. The summed E-state index contributed by atoms with van der Waals surface area (Å²) in [5.74, 6) is -0.687. The van der Waals surface area contributed by atoms with Crippen LogP contribution in [-0.4, -0.2) is 29.1 Å². The number of rotatable bonds is 6. The lowest BCUT2D eigenvalue weighted by atomic mass is 9.87. The quantitative estimate of drug-likeness (QED) is 0.813. The number of thiophene rings is 1. The molecule has 0 saturated carbocycles. The molecule has 2 heterocycles. The van der Waals surface area contributed by atoms with Crippen molar-refractivity contribution in [1.29, 1.82) is 0 Å². The van der Waals surface area contributed by atoms with Gasteiger partial charge in [0.05, 0.1) is 5.41 Å². The highest BCUT2D eigenvalue weighted by molar-refractivity contribution is 7.10. The van der Waals surface area contributed by atoms with Crippen LogP contribution in [0.25, 0.3) is 0 Å². The lowest BCUT2D eigenvalue weighted by Crippen LogP contribution is -2.31. The Balaban J connectivity index is 1.69. The maximum absolute atomic E-state index is 11.0. The molecule has 1 aromatic rings. The molecule has 19 heavy (non-hydrogen) atoms. The molecule has 0 spiro atoms. The molecule has 0 unspecified atom stereocenters. The van der Waals surface area contributed by atoms with Crippen LogP contribution in [0.4, 0.5) is 0 Å². The topological polar surface area (TPSA) is 40.5 Å². The van der Waals surface area contributed by atoms with Gasteiger partial charge in [-0.2, -0.15) is 0 Å². The van der Waals surface area contributed by atoms with Gasteiger partial charge in [0, 0.05) is 18.0 Å². The van der Waals surface area contributed by atoms with E-state index in [1.807, 2.05) is 25.2 Å². The molecule has 0 saturated heterocycles. The molecule has 2 rings (SSSR count). The zero-order valence-corrected chi connectivity index (χ0v) is 12.6. The van der Waals surface area contributed by atoms with Crippen molar-refractivity contribution < 1.29 is 9.90 Å². The summed E-state index contributed by atoms with van der Waals surface area (Å²) in [6.07, 6.45) is 4.02. The van der Waals surface area contributed by atoms with Crippen molar-refractivity contribution in [2.24, 2.45) is 5.41 Å². The van der Waals surface area contributed by atoms with Gasteiger partial charge in [0.15, 0.2) is 0 Å². The number of aliphatic carboxylic acids is 1. The number of carbonyl (C=O) groups is 1. The molecule has 0 aliphatic carbocycles. The van der Waals surface area contributed by atoms with Gasteiger partial charge in [0.2, 0.25) is 0 Å². The predicted molar refractivity (Wildman–Crippen MR) is 78.6 cm³/mol. The van der Waals surface area contributed by atoms with Gasteiger partial charge in [-0.15, -0.1) is 11.3 Å². The average Bonchev–Trinajstić information content (AvgIpc) is 2.81. The first-order chi connectivity index (χ1) is 8.99. The molecule has 0 aromatic carbocycles. The summed E-state index contributed by atoms with van der Waals surface area (Å²) in [6.45, 7) is 6.93. The van der Waals surface area contributed by atoms with E-state index >= 15 is 0 Å². The predicted octanol–water partition coefficient (Wildman–Crippen LogP) is 3.39. The van der Waals surface area contributed by atoms with Crippen molar-refractivity contribution in [1.82, 2.24) is 4.90 Å². The van der Waals surface area contributed by atoms with Gasteiger partial charge < -0.3 is 5.11 Å². The molecule has 1 aromatic heterocycles. The van der Waals surface area contributed by atoms with Gasteiger partial charge in [-0.05, 0) is 56.7 Å².